The van der Waals surface area contributed by atoms with Crippen LogP contribution in [0.4, 0.5) is 0 Å². The summed E-state index contributed by atoms with van der Waals surface area (Å²) >= 11 is 2.08. The molecule has 0 aromatic heterocycles. The molecule has 2 atom stereocenters. The molecule has 0 radical (unpaired) electrons. The van der Waals surface area contributed by atoms with Gasteiger partial charge >= 0.3 is 0 Å². The van der Waals surface area contributed by atoms with Crippen molar-refractivity contribution in [3.63, 3.8) is 0 Å². The van der Waals surface area contributed by atoms with Crippen molar-refractivity contribution in [2.24, 2.45) is 0 Å². The third-order valence-corrected chi connectivity index (χ3v) is 4.72. The molecule has 0 saturated carbocycles. The molecular weight excluding hydrogens is 180 g/mol. The molecule has 0 bridgehead atoms. The molecule has 76 valence electrons. The third-order valence-electron chi connectivity index (χ3n) is 3.19. The minimum atomic E-state index is 0.470. The summed E-state index contributed by atoms with van der Waals surface area (Å²) in [5.41, 5.74) is 0. The Morgan fingerprint density at radius 1 is 1.46 bits per heavy atom. The first-order valence-corrected chi connectivity index (χ1v) is 6.28. The second-order valence-electron chi connectivity index (χ2n) is 4.68. The van der Waals surface area contributed by atoms with Crippen LogP contribution in [0, 0.1) is 0 Å². The van der Waals surface area contributed by atoms with Crippen molar-refractivity contribution in [3.8, 4) is 0 Å². The Morgan fingerprint density at radius 3 is 2.77 bits per heavy atom. The Kier molecular flexibility index (Phi) is 2.86. The van der Waals surface area contributed by atoms with Crippen molar-refractivity contribution >= 4 is 11.8 Å². The number of piperidine rings is 1. The molecule has 2 nitrogen and oxygen atoms in total. The molecule has 3 heteroatoms. The van der Waals surface area contributed by atoms with Gasteiger partial charge < -0.3 is 10.6 Å². The third kappa shape index (κ3) is 2.20. The Balaban J connectivity index is 1.77. The van der Waals surface area contributed by atoms with Gasteiger partial charge in [0.1, 0.15) is 0 Å². The smallest absolute Gasteiger partial charge is 0.0303 e. The highest BCUT2D eigenvalue weighted by Gasteiger charge is 2.40. The summed E-state index contributed by atoms with van der Waals surface area (Å²) in [7, 11) is 0. The lowest BCUT2D eigenvalue weighted by Gasteiger charge is -2.46. The molecule has 2 aliphatic rings. The van der Waals surface area contributed by atoms with Gasteiger partial charge in [0.15, 0.2) is 0 Å². The average molecular weight is 200 g/mol. The standard InChI is InChI=1S/C10H20N2S/c1-10(2)9(7-13-10)12-8-4-3-5-11-6-8/h8-9,11-12H,3-7H2,1-2H3. The van der Waals surface area contributed by atoms with E-state index in [0.29, 0.717) is 4.75 Å². The van der Waals surface area contributed by atoms with Crippen LogP contribution >= 0.6 is 11.8 Å². The predicted molar refractivity (Wildman–Crippen MR) is 59.4 cm³/mol. The summed E-state index contributed by atoms with van der Waals surface area (Å²) in [5.74, 6) is 1.30. The minimum Gasteiger partial charge on any atom is -0.315 e. The highest BCUT2D eigenvalue weighted by atomic mass is 32.2. The van der Waals surface area contributed by atoms with Crippen LogP contribution in [0.15, 0.2) is 0 Å². The molecule has 0 amide bonds. The van der Waals surface area contributed by atoms with Gasteiger partial charge in [0, 0.05) is 29.1 Å². The zero-order valence-corrected chi connectivity index (χ0v) is 9.41. The summed E-state index contributed by atoms with van der Waals surface area (Å²) in [6, 6.07) is 1.46. The van der Waals surface area contributed by atoms with Gasteiger partial charge in [-0.15, -0.1) is 0 Å². The van der Waals surface area contributed by atoms with Crippen molar-refractivity contribution < 1.29 is 0 Å². The van der Waals surface area contributed by atoms with Crippen LogP contribution in [-0.4, -0.2) is 35.7 Å². The van der Waals surface area contributed by atoms with Crippen molar-refractivity contribution in [1.29, 1.82) is 0 Å². The van der Waals surface area contributed by atoms with Crippen LogP contribution in [0.1, 0.15) is 26.7 Å². The molecule has 2 rings (SSSR count). The number of rotatable bonds is 2. The number of hydrogen-bond donors (Lipinski definition) is 2. The summed E-state index contributed by atoms with van der Waals surface area (Å²) in [6.07, 6.45) is 2.68. The SMILES string of the molecule is CC1(C)SCC1NC1CCCNC1. The van der Waals surface area contributed by atoms with Crippen molar-refractivity contribution in [3.05, 3.63) is 0 Å². The maximum absolute atomic E-state index is 3.76. The molecule has 2 saturated heterocycles. The molecule has 13 heavy (non-hydrogen) atoms. The number of nitrogens with one attached hydrogen (secondary N) is 2. The van der Waals surface area contributed by atoms with Crippen LogP contribution < -0.4 is 10.6 Å². The lowest BCUT2D eigenvalue weighted by molar-refractivity contribution is 0.325. The van der Waals surface area contributed by atoms with E-state index in [-0.39, 0.29) is 0 Å². The molecule has 0 aliphatic carbocycles. The Hall–Kier alpha value is 0.270. The minimum absolute atomic E-state index is 0.470. The molecule has 2 heterocycles. The lowest BCUT2D eigenvalue weighted by Crippen LogP contribution is -2.59. The Labute approximate surface area is 85.2 Å². The number of hydrogen-bond acceptors (Lipinski definition) is 3. The fraction of sp³-hybridized carbons (Fsp3) is 1.00. The average Bonchev–Trinajstić information content (AvgIpc) is 2.15. The molecular formula is C10H20N2S. The van der Waals surface area contributed by atoms with Gasteiger partial charge in [-0.25, -0.2) is 0 Å². The Bertz CT molecular complexity index is 176. The second kappa shape index (κ2) is 3.79. The molecule has 2 fully saturated rings. The van der Waals surface area contributed by atoms with E-state index < -0.39 is 0 Å². The number of thioether (sulfide) groups is 1. The molecule has 0 aromatic rings. The summed E-state index contributed by atoms with van der Waals surface area (Å²) in [6.45, 7) is 7.06. The summed E-state index contributed by atoms with van der Waals surface area (Å²) in [4.78, 5) is 0. The van der Waals surface area contributed by atoms with Gasteiger partial charge in [-0.1, -0.05) is 0 Å². The fourth-order valence-corrected chi connectivity index (χ4v) is 3.19. The summed E-state index contributed by atoms with van der Waals surface area (Å²) in [5, 5.41) is 7.21. The second-order valence-corrected chi connectivity index (χ2v) is 6.35. The van der Waals surface area contributed by atoms with E-state index in [9.17, 15) is 0 Å². The first kappa shape index (κ1) is 9.81. The van der Waals surface area contributed by atoms with Crippen LogP contribution in [0.2, 0.25) is 0 Å². The molecule has 0 spiro atoms. The Morgan fingerprint density at radius 2 is 2.31 bits per heavy atom. The zero-order valence-electron chi connectivity index (χ0n) is 8.60. The van der Waals surface area contributed by atoms with E-state index in [1.807, 2.05) is 0 Å². The molecule has 0 aromatic carbocycles. The van der Waals surface area contributed by atoms with E-state index in [0.717, 1.165) is 18.6 Å². The maximum Gasteiger partial charge on any atom is 0.0303 e. The molecule has 2 unspecified atom stereocenters. The highest BCUT2D eigenvalue weighted by Crippen LogP contribution is 2.40. The van der Waals surface area contributed by atoms with Gasteiger partial charge in [0.2, 0.25) is 0 Å². The molecule has 2 aliphatic heterocycles. The molecule has 2 N–H and O–H groups in total. The monoisotopic (exact) mass is 200 g/mol. The highest BCUT2D eigenvalue weighted by molar-refractivity contribution is 8.02. The van der Waals surface area contributed by atoms with Crippen molar-refractivity contribution in [2.75, 3.05) is 18.8 Å². The van der Waals surface area contributed by atoms with E-state index in [2.05, 4.69) is 36.2 Å². The van der Waals surface area contributed by atoms with Crippen LogP contribution in [0.3, 0.4) is 0 Å². The largest absolute Gasteiger partial charge is 0.315 e. The van der Waals surface area contributed by atoms with E-state index in [1.54, 1.807) is 0 Å². The van der Waals surface area contributed by atoms with Crippen LogP contribution in [0.25, 0.3) is 0 Å². The first-order chi connectivity index (χ1) is 6.18. The van der Waals surface area contributed by atoms with Gasteiger partial charge in [-0.05, 0) is 33.2 Å². The predicted octanol–water partition coefficient (Wildman–Crippen LogP) is 1.22. The van der Waals surface area contributed by atoms with Gasteiger partial charge in [-0.3, -0.25) is 0 Å². The van der Waals surface area contributed by atoms with Gasteiger partial charge in [0.05, 0.1) is 0 Å². The lowest BCUT2D eigenvalue weighted by atomic mass is 10.00. The quantitative estimate of drug-likeness (QED) is 0.701. The zero-order chi connectivity index (χ0) is 9.31. The van der Waals surface area contributed by atoms with Gasteiger partial charge in [-0.2, -0.15) is 11.8 Å². The van der Waals surface area contributed by atoms with Crippen molar-refractivity contribution in [1.82, 2.24) is 10.6 Å². The van der Waals surface area contributed by atoms with Gasteiger partial charge in [0.25, 0.3) is 0 Å². The first-order valence-electron chi connectivity index (χ1n) is 5.29. The topological polar surface area (TPSA) is 24.1 Å². The van der Waals surface area contributed by atoms with E-state index in [1.165, 1.54) is 25.1 Å². The van der Waals surface area contributed by atoms with Crippen LogP contribution in [0.5, 0.6) is 0 Å². The normalized spacial score (nSPS) is 38.3. The van der Waals surface area contributed by atoms with E-state index in [4.69, 9.17) is 0 Å². The summed E-state index contributed by atoms with van der Waals surface area (Å²) < 4.78 is 0.470. The van der Waals surface area contributed by atoms with Crippen molar-refractivity contribution in [2.45, 2.75) is 43.5 Å². The van der Waals surface area contributed by atoms with E-state index >= 15 is 0 Å². The fourth-order valence-electron chi connectivity index (χ4n) is 2.03. The maximum atomic E-state index is 3.76. The van der Waals surface area contributed by atoms with Crippen LogP contribution in [-0.2, 0) is 0 Å².